The number of amides is 1. The molecule has 1 aromatic carbocycles. The third-order valence-corrected chi connectivity index (χ3v) is 3.96. The number of hydrogen-bond donors (Lipinski definition) is 2. The smallest absolute Gasteiger partial charge is 0.237 e. The van der Waals surface area contributed by atoms with Gasteiger partial charge in [-0.3, -0.25) is 4.79 Å². The number of nitrogens with one attached hydrogen (secondary N) is 1. The first-order chi connectivity index (χ1) is 9.49. The molecular formula is C15H24N2O3S. The van der Waals surface area contributed by atoms with Gasteiger partial charge in [0.25, 0.3) is 0 Å². The van der Waals surface area contributed by atoms with Gasteiger partial charge < -0.3 is 11.1 Å². The fourth-order valence-corrected chi connectivity index (χ4v) is 2.61. The number of carbonyl (C=O) groups is 1. The minimum absolute atomic E-state index is 0.00368. The highest BCUT2D eigenvalue weighted by Gasteiger charge is 2.27. The van der Waals surface area contributed by atoms with Crippen molar-refractivity contribution in [1.29, 1.82) is 0 Å². The van der Waals surface area contributed by atoms with Crippen molar-refractivity contribution in [1.82, 2.24) is 5.32 Å². The van der Waals surface area contributed by atoms with Crippen molar-refractivity contribution in [3.63, 3.8) is 0 Å². The topological polar surface area (TPSA) is 89.3 Å². The molecule has 0 aliphatic rings. The molecule has 1 atom stereocenters. The van der Waals surface area contributed by atoms with Crippen molar-refractivity contribution in [2.45, 2.75) is 39.1 Å². The molecule has 0 bridgehead atoms. The van der Waals surface area contributed by atoms with Gasteiger partial charge in [-0.1, -0.05) is 45.0 Å². The molecule has 0 spiro atoms. The molecule has 0 aliphatic heterocycles. The van der Waals surface area contributed by atoms with Crippen molar-refractivity contribution >= 4 is 15.7 Å². The molecule has 0 fully saturated rings. The lowest BCUT2D eigenvalue weighted by atomic mass is 9.87. The molecule has 0 heterocycles. The lowest BCUT2D eigenvalue weighted by molar-refractivity contribution is -0.124. The zero-order valence-electron chi connectivity index (χ0n) is 13.0. The van der Waals surface area contributed by atoms with Crippen LogP contribution in [0, 0.1) is 5.41 Å². The van der Waals surface area contributed by atoms with Gasteiger partial charge in [0.1, 0.15) is 0 Å². The lowest BCUT2D eigenvalue weighted by Gasteiger charge is -2.25. The molecule has 1 rings (SSSR count). The van der Waals surface area contributed by atoms with Crippen LogP contribution in [-0.4, -0.2) is 26.6 Å². The van der Waals surface area contributed by atoms with Crippen LogP contribution in [0.25, 0.3) is 0 Å². The molecule has 0 saturated heterocycles. The zero-order chi connectivity index (χ0) is 16.3. The Kier molecular flexibility index (Phi) is 5.53. The molecule has 1 aromatic rings. The van der Waals surface area contributed by atoms with Crippen molar-refractivity contribution in [2.24, 2.45) is 11.1 Å². The lowest BCUT2D eigenvalue weighted by Crippen LogP contribution is -2.48. The van der Waals surface area contributed by atoms with E-state index < -0.39 is 15.9 Å². The third-order valence-electron chi connectivity index (χ3n) is 3.10. The summed E-state index contributed by atoms with van der Waals surface area (Å²) in [5.74, 6) is -0.216. The van der Waals surface area contributed by atoms with E-state index in [-0.39, 0.29) is 17.1 Å². The van der Waals surface area contributed by atoms with Crippen molar-refractivity contribution < 1.29 is 13.2 Å². The maximum atomic E-state index is 11.9. The Morgan fingerprint density at radius 1 is 1.29 bits per heavy atom. The SMILES string of the molecule is CC(C)(C)[C@H](N)C(=O)NCc1cccc(CS(C)(=O)=O)c1. The average molecular weight is 312 g/mol. The largest absolute Gasteiger partial charge is 0.351 e. The first kappa shape index (κ1) is 17.7. The average Bonchev–Trinajstić information content (AvgIpc) is 2.32. The van der Waals surface area contributed by atoms with Crippen LogP contribution < -0.4 is 11.1 Å². The Labute approximate surface area is 126 Å². The van der Waals surface area contributed by atoms with E-state index in [2.05, 4.69) is 5.32 Å². The minimum atomic E-state index is -3.07. The molecule has 1 amide bonds. The summed E-state index contributed by atoms with van der Waals surface area (Å²) in [5, 5.41) is 2.78. The maximum Gasteiger partial charge on any atom is 0.237 e. The first-order valence-corrected chi connectivity index (χ1v) is 8.84. The Bertz CT molecular complexity index is 604. The van der Waals surface area contributed by atoms with Crippen molar-refractivity contribution in [3.8, 4) is 0 Å². The fraction of sp³-hybridized carbons (Fsp3) is 0.533. The summed E-state index contributed by atoms with van der Waals surface area (Å²) in [5.41, 5.74) is 7.14. The van der Waals surface area contributed by atoms with E-state index in [9.17, 15) is 13.2 Å². The van der Waals surface area contributed by atoms with Crippen LogP contribution in [0.5, 0.6) is 0 Å². The molecule has 6 heteroatoms. The summed E-state index contributed by atoms with van der Waals surface area (Å²) in [7, 11) is -3.07. The molecule has 21 heavy (non-hydrogen) atoms. The van der Waals surface area contributed by atoms with Gasteiger partial charge in [0.05, 0.1) is 11.8 Å². The highest BCUT2D eigenvalue weighted by atomic mass is 32.2. The maximum absolute atomic E-state index is 11.9. The predicted octanol–water partition coefficient (Wildman–Crippen LogP) is 1.22. The second kappa shape index (κ2) is 6.58. The fourth-order valence-electron chi connectivity index (χ4n) is 1.82. The van der Waals surface area contributed by atoms with Crippen LogP contribution in [-0.2, 0) is 26.9 Å². The second-order valence-electron chi connectivity index (χ2n) is 6.45. The number of rotatable bonds is 5. The van der Waals surface area contributed by atoms with E-state index >= 15 is 0 Å². The van der Waals surface area contributed by atoms with Crippen LogP contribution in [0.15, 0.2) is 24.3 Å². The van der Waals surface area contributed by atoms with Gasteiger partial charge in [-0.2, -0.15) is 0 Å². The minimum Gasteiger partial charge on any atom is -0.351 e. The number of sulfone groups is 1. The zero-order valence-corrected chi connectivity index (χ0v) is 13.8. The molecule has 118 valence electrons. The Morgan fingerprint density at radius 2 is 1.86 bits per heavy atom. The van der Waals surface area contributed by atoms with E-state index in [1.54, 1.807) is 18.2 Å². The van der Waals surface area contributed by atoms with Crippen molar-refractivity contribution in [2.75, 3.05) is 6.26 Å². The van der Waals surface area contributed by atoms with Gasteiger partial charge >= 0.3 is 0 Å². The van der Waals surface area contributed by atoms with Crippen LogP contribution in [0.4, 0.5) is 0 Å². The van der Waals surface area contributed by atoms with Crippen LogP contribution in [0.2, 0.25) is 0 Å². The third kappa shape index (κ3) is 6.27. The van der Waals surface area contributed by atoms with Gasteiger partial charge in [-0.25, -0.2) is 8.42 Å². The highest BCUT2D eigenvalue weighted by Crippen LogP contribution is 2.17. The Balaban J connectivity index is 2.68. The van der Waals surface area contributed by atoms with E-state index in [4.69, 9.17) is 5.73 Å². The van der Waals surface area contributed by atoms with E-state index in [0.717, 1.165) is 5.56 Å². The Hall–Kier alpha value is -1.40. The molecule has 0 unspecified atom stereocenters. The van der Waals surface area contributed by atoms with E-state index in [1.165, 1.54) is 6.26 Å². The van der Waals surface area contributed by atoms with Crippen LogP contribution in [0.1, 0.15) is 31.9 Å². The summed E-state index contributed by atoms with van der Waals surface area (Å²) in [6.07, 6.45) is 1.20. The van der Waals surface area contributed by atoms with Gasteiger partial charge in [0.2, 0.25) is 5.91 Å². The molecule has 0 aromatic heterocycles. The summed E-state index contributed by atoms with van der Waals surface area (Å²) in [4.78, 5) is 11.9. The van der Waals surface area contributed by atoms with E-state index in [1.807, 2.05) is 26.8 Å². The quantitative estimate of drug-likeness (QED) is 0.855. The number of benzene rings is 1. The Morgan fingerprint density at radius 3 is 2.38 bits per heavy atom. The summed E-state index contributed by atoms with van der Waals surface area (Å²) >= 11 is 0. The van der Waals surface area contributed by atoms with Gasteiger partial charge in [-0.05, 0) is 16.5 Å². The summed E-state index contributed by atoms with van der Waals surface area (Å²) in [6, 6.07) is 6.58. The number of hydrogen-bond acceptors (Lipinski definition) is 4. The first-order valence-electron chi connectivity index (χ1n) is 6.78. The molecular weight excluding hydrogens is 288 g/mol. The van der Waals surface area contributed by atoms with Gasteiger partial charge in [-0.15, -0.1) is 0 Å². The molecule has 0 saturated carbocycles. The summed E-state index contributed by atoms with van der Waals surface area (Å²) < 4.78 is 22.6. The normalized spacial score (nSPS) is 13.8. The highest BCUT2D eigenvalue weighted by molar-refractivity contribution is 7.89. The van der Waals surface area contributed by atoms with Crippen LogP contribution in [0.3, 0.4) is 0 Å². The molecule has 0 aliphatic carbocycles. The molecule has 3 N–H and O–H groups in total. The standard InChI is InChI=1S/C15H24N2O3S/c1-15(2,3)13(16)14(18)17-9-11-6-5-7-12(8-11)10-21(4,19)20/h5-8,13H,9-10,16H2,1-4H3,(H,17,18)/t13-/m1/s1. The molecule has 5 nitrogen and oxygen atoms in total. The van der Waals surface area contributed by atoms with Gasteiger partial charge in [0, 0.05) is 12.8 Å². The molecule has 0 radical (unpaired) electrons. The van der Waals surface area contributed by atoms with Crippen LogP contribution >= 0.6 is 0 Å². The monoisotopic (exact) mass is 312 g/mol. The number of nitrogens with two attached hydrogens (primary N) is 1. The predicted molar refractivity (Wildman–Crippen MR) is 84.3 cm³/mol. The second-order valence-corrected chi connectivity index (χ2v) is 8.59. The van der Waals surface area contributed by atoms with Gasteiger partial charge in [0.15, 0.2) is 9.84 Å². The number of carbonyl (C=O) groups excluding carboxylic acids is 1. The summed E-state index contributed by atoms with van der Waals surface area (Å²) in [6.45, 7) is 6.05. The van der Waals surface area contributed by atoms with Crippen molar-refractivity contribution in [3.05, 3.63) is 35.4 Å². The van der Waals surface area contributed by atoms with E-state index in [0.29, 0.717) is 12.1 Å².